The minimum Gasteiger partial charge on any atom is -0.480 e. The third-order valence-electron chi connectivity index (χ3n) is 3.93. The highest BCUT2D eigenvalue weighted by molar-refractivity contribution is 5.87. The number of hydrogen-bond acceptors (Lipinski definition) is 2. The molecule has 0 saturated heterocycles. The van der Waals surface area contributed by atoms with Crippen molar-refractivity contribution in [1.29, 1.82) is 0 Å². The lowest BCUT2D eigenvalue weighted by Gasteiger charge is -2.25. The second-order valence-corrected chi connectivity index (χ2v) is 5.79. The highest BCUT2D eigenvalue weighted by Crippen LogP contribution is 2.19. The molecule has 1 aromatic heterocycles. The van der Waals surface area contributed by atoms with Gasteiger partial charge >= 0.3 is 5.97 Å². The van der Waals surface area contributed by atoms with Crippen molar-refractivity contribution in [1.82, 2.24) is 10.3 Å². The van der Waals surface area contributed by atoms with E-state index in [9.17, 15) is 14.7 Å². The lowest BCUT2D eigenvalue weighted by Crippen LogP contribution is -2.52. The highest BCUT2D eigenvalue weighted by Gasteiger charge is 2.33. The van der Waals surface area contributed by atoms with E-state index in [2.05, 4.69) is 10.3 Å². The van der Waals surface area contributed by atoms with Crippen molar-refractivity contribution in [2.24, 2.45) is 0 Å². The van der Waals surface area contributed by atoms with Gasteiger partial charge in [0.1, 0.15) is 5.54 Å². The van der Waals surface area contributed by atoms with Gasteiger partial charge in [-0.05, 0) is 31.4 Å². The summed E-state index contributed by atoms with van der Waals surface area (Å²) in [7, 11) is 0. The van der Waals surface area contributed by atoms with Crippen LogP contribution in [0, 0.1) is 0 Å². The van der Waals surface area contributed by atoms with Crippen LogP contribution in [-0.4, -0.2) is 27.5 Å². The summed E-state index contributed by atoms with van der Waals surface area (Å²) >= 11 is 0. The van der Waals surface area contributed by atoms with Crippen LogP contribution in [0.15, 0.2) is 30.5 Å². The molecule has 0 saturated carbocycles. The minimum atomic E-state index is -1.19. The Morgan fingerprint density at radius 2 is 2.05 bits per heavy atom. The molecule has 0 aliphatic carbocycles. The number of H-pyrrole nitrogens is 1. The Morgan fingerprint density at radius 1 is 1.32 bits per heavy atom. The number of carboxylic acids is 1. The van der Waals surface area contributed by atoms with E-state index in [0.717, 1.165) is 16.5 Å². The molecule has 0 spiro atoms. The summed E-state index contributed by atoms with van der Waals surface area (Å²) in [5.41, 5.74) is 0.920. The number of amides is 1. The van der Waals surface area contributed by atoms with Gasteiger partial charge in [0.25, 0.3) is 0 Å². The number of aliphatic carboxylic acids is 1. The normalized spacial score (nSPS) is 13.7. The summed E-state index contributed by atoms with van der Waals surface area (Å²) in [4.78, 5) is 26.6. The predicted molar refractivity (Wildman–Crippen MR) is 85.7 cm³/mol. The SMILES string of the molecule is CCCC(C)(NC(=O)CCc1c[nH]c2ccccc12)C(=O)O. The molecule has 1 atom stereocenters. The molecule has 5 nitrogen and oxygen atoms in total. The number of carbonyl (C=O) groups is 2. The predicted octanol–water partition coefficient (Wildman–Crippen LogP) is 2.86. The number of hydrogen-bond donors (Lipinski definition) is 3. The Hall–Kier alpha value is -2.30. The summed E-state index contributed by atoms with van der Waals surface area (Å²) in [6.07, 6.45) is 3.87. The standard InChI is InChI=1S/C17H22N2O3/c1-3-10-17(2,16(21)22)19-15(20)9-8-12-11-18-14-7-5-4-6-13(12)14/h4-7,11,18H,3,8-10H2,1-2H3,(H,19,20)(H,21,22). The molecule has 2 rings (SSSR count). The Kier molecular flexibility index (Phi) is 4.85. The van der Waals surface area contributed by atoms with Crippen molar-refractivity contribution in [3.63, 3.8) is 0 Å². The molecule has 1 unspecified atom stereocenters. The fourth-order valence-corrected chi connectivity index (χ4v) is 2.68. The highest BCUT2D eigenvalue weighted by atomic mass is 16.4. The van der Waals surface area contributed by atoms with Crippen molar-refractivity contribution >= 4 is 22.8 Å². The smallest absolute Gasteiger partial charge is 0.329 e. The molecule has 0 radical (unpaired) electrons. The number of nitrogens with one attached hydrogen (secondary N) is 2. The number of carboxylic acid groups (broad SMARTS) is 1. The molecule has 1 aromatic carbocycles. The van der Waals surface area contributed by atoms with E-state index in [1.165, 1.54) is 0 Å². The summed E-state index contributed by atoms with van der Waals surface area (Å²) in [5, 5.41) is 13.0. The quantitative estimate of drug-likeness (QED) is 0.735. The van der Waals surface area contributed by atoms with E-state index in [0.29, 0.717) is 19.3 Å². The number of carbonyl (C=O) groups excluding carboxylic acids is 1. The van der Waals surface area contributed by atoms with Crippen LogP contribution < -0.4 is 5.32 Å². The topological polar surface area (TPSA) is 82.2 Å². The number of aromatic amines is 1. The van der Waals surface area contributed by atoms with Crippen LogP contribution in [0.4, 0.5) is 0 Å². The number of para-hydroxylation sites is 1. The monoisotopic (exact) mass is 302 g/mol. The van der Waals surface area contributed by atoms with Crippen LogP contribution in [0.5, 0.6) is 0 Å². The van der Waals surface area contributed by atoms with Crippen molar-refractivity contribution in [3.05, 3.63) is 36.0 Å². The number of aromatic nitrogens is 1. The van der Waals surface area contributed by atoms with Gasteiger partial charge in [0, 0.05) is 23.5 Å². The third-order valence-corrected chi connectivity index (χ3v) is 3.93. The summed E-state index contributed by atoms with van der Waals surface area (Å²) in [6.45, 7) is 3.46. The molecule has 118 valence electrons. The summed E-state index contributed by atoms with van der Waals surface area (Å²) < 4.78 is 0. The molecule has 0 fully saturated rings. The number of benzene rings is 1. The van der Waals surface area contributed by atoms with E-state index in [1.54, 1.807) is 6.92 Å². The van der Waals surface area contributed by atoms with Gasteiger partial charge in [-0.2, -0.15) is 0 Å². The first kappa shape index (κ1) is 16.1. The second kappa shape index (κ2) is 6.64. The van der Waals surface area contributed by atoms with Crippen LogP contribution in [0.3, 0.4) is 0 Å². The lowest BCUT2D eigenvalue weighted by molar-refractivity contribution is -0.147. The molecule has 0 aliphatic rings. The fourth-order valence-electron chi connectivity index (χ4n) is 2.68. The van der Waals surface area contributed by atoms with Crippen molar-refractivity contribution in [2.45, 2.75) is 45.1 Å². The molecule has 2 aromatic rings. The van der Waals surface area contributed by atoms with Gasteiger partial charge in [-0.3, -0.25) is 4.79 Å². The van der Waals surface area contributed by atoms with Gasteiger partial charge in [-0.15, -0.1) is 0 Å². The van der Waals surface area contributed by atoms with E-state index in [4.69, 9.17) is 0 Å². The van der Waals surface area contributed by atoms with E-state index >= 15 is 0 Å². The van der Waals surface area contributed by atoms with Crippen LogP contribution in [0.1, 0.15) is 38.7 Å². The molecular formula is C17H22N2O3. The maximum Gasteiger partial charge on any atom is 0.329 e. The molecule has 0 aliphatic heterocycles. The molecule has 3 N–H and O–H groups in total. The lowest BCUT2D eigenvalue weighted by atomic mass is 9.96. The van der Waals surface area contributed by atoms with Gasteiger partial charge in [0.15, 0.2) is 0 Å². The van der Waals surface area contributed by atoms with Crippen LogP contribution >= 0.6 is 0 Å². The minimum absolute atomic E-state index is 0.233. The van der Waals surface area contributed by atoms with E-state index in [1.807, 2.05) is 37.4 Å². The maximum atomic E-state index is 12.1. The number of fused-ring (bicyclic) bond motifs is 1. The Labute approximate surface area is 129 Å². The van der Waals surface area contributed by atoms with Crippen LogP contribution in [0.25, 0.3) is 10.9 Å². The average molecular weight is 302 g/mol. The Morgan fingerprint density at radius 3 is 2.73 bits per heavy atom. The van der Waals surface area contributed by atoms with Gasteiger partial charge < -0.3 is 15.4 Å². The first-order valence-corrected chi connectivity index (χ1v) is 7.55. The Bertz CT molecular complexity index is 677. The molecule has 0 bridgehead atoms. The first-order valence-electron chi connectivity index (χ1n) is 7.55. The van der Waals surface area contributed by atoms with Crippen LogP contribution in [0.2, 0.25) is 0 Å². The molecule has 1 heterocycles. The van der Waals surface area contributed by atoms with Gasteiger partial charge in [-0.25, -0.2) is 4.79 Å². The van der Waals surface area contributed by atoms with Crippen molar-refractivity contribution in [2.75, 3.05) is 0 Å². The van der Waals surface area contributed by atoms with Crippen molar-refractivity contribution < 1.29 is 14.7 Å². The number of rotatable bonds is 7. The zero-order chi connectivity index (χ0) is 16.2. The molecule has 5 heteroatoms. The zero-order valence-electron chi connectivity index (χ0n) is 13.0. The first-order chi connectivity index (χ1) is 10.5. The third kappa shape index (κ3) is 3.47. The van der Waals surface area contributed by atoms with Gasteiger partial charge in [-0.1, -0.05) is 31.5 Å². The summed E-state index contributed by atoms with van der Waals surface area (Å²) in [6, 6.07) is 7.92. The molecular weight excluding hydrogens is 280 g/mol. The van der Waals surface area contributed by atoms with Gasteiger partial charge in [0.2, 0.25) is 5.91 Å². The largest absolute Gasteiger partial charge is 0.480 e. The van der Waals surface area contributed by atoms with Gasteiger partial charge in [0.05, 0.1) is 0 Å². The maximum absolute atomic E-state index is 12.1. The zero-order valence-corrected chi connectivity index (χ0v) is 13.0. The fraction of sp³-hybridized carbons (Fsp3) is 0.412. The van der Waals surface area contributed by atoms with Crippen molar-refractivity contribution in [3.8, 4) is 0 Å². The molecule has 1 amide bonds. The number of aryl methyl sites for hydroxylation is 1. The second-order valence-electron chi connectivity index (χ2n) is 5.79. The molecule has 22 heavy (non-hydrogen) atoms. The van der Waals surface area contributed by atoms with E-state index < -0.39 is 11.5 Å². The van der Waals surface area contributed by atoms with Crippen LogP contribution in [-0.2, 0) is 16.0 Å². The van der Waals surface area contributed by atoms with E-state index in [-0.39, 0.29) is 12.3 Å². The summed E-state index contributed by atoms with van der Waals surface area (Å²) in [5.74, 6) is -1.22. The Balaban J connectivity index is 1.99. The average Bonchev–Trinajstić information content (AvgIpc) is 2.88.